The molecule has 0 bridgehead atoms. The Morgan fingerprint density at radius 2 is 2.14 bits per heavy atom. The highest BCUT2D eigenvalue weighted by molar-refractivity contribution is 7.09. The first-order valence-electron chi connectivity index (χ1n) is 7.00. The second-order valence-corrected chi connectivity index (χ2v) is 6.44. The Morgan fingerprint density at radius 1 is 1.41 bits per heavy atom. The summed E-state index contributed by atoms with van der Waals surface area (Å²) in [6.07, 6.45) is 0. The van der Waals surface area contributed by atoms with Crippen LogP contribution in [0.2, 0.25) is 0 Å². The van der Waals surface area contributed by atoms with E-state index in [4.69, 9.17) is 4.42 Å². The second-order valence-electron chi connectivity index (χ2n) is 5.50. The summed E-state index contributed by atoms with van der Waals surface area (Å²) in [4.78, 5) is 17.0. The van der Waals surface area contributed by atoms with E-state index in [1.807, 2.05) is 13.8 Å². The Balaban J connectivity index is 1.87. The number of nitrogens with one attached hydrogen (secondary N) is 2. The minimum atomic E-state index is -1.18. The van der Waals surface area contributed by atoms with E-state index in [9.17, 15) is 9.90 Å². The van der Waals surface area contributed by atoms with Gasteiger partial charge in [0.25, 0.3) is 0 Å². The fourth-order valence-electron chi connectivity index (χ4n) is 2.23. The van der Waals surface area contributed by atoms with E-state index in [-0.39, 0.29) is 12.6 Å². The van der Waals surface area contributed by atoms with Crippen molar-refractivity contribution in [3.8, 4) is 0 Å². The van der Waals surface area contributed by atoms with Crippen molar-refractivity contribution in [2.45, 2.75) is 39.8 Å². The van der Waals surface area contributed by atoms with Gasteiger partial charge in [-0.25, -0.2) is 9.78 Å². The van der Waals surface area contributed by atoms with Crippen molar-refractivity contribution >= 4 is 17.4 Å². The van der Waals surface area contributed by atoms with Crippen LogP contribution in [0.3, 0.4) is 0 Å². The lowest BCUT2D eigenvalue weighted by Gasteiger charge is -2.23. The number of carbonyl (C=O) groups excluding carboxylic acids is 1. The van der Waals surface area contributed by atoms with E-state index in [1.165, 1.54) is 11.3 Å². The quantitative estimate of drug-likeness (QED) is 0.788. The van der Waals surface area contributed by atoms with E-state index < -0.39 is 5.60 Å². The molecule has 0 aliphatic heterocycles. The molecule has 2 rings (SSSR count). The van der Waals surface area contributed by atoms with Gasteiger partial charge in [-0.15, -0.1) is 11.3 Å². The van der Waals surface area contributed by atoms with Crippen LogP contribution in [-0.4, -0.2) is 22.7 Å². The molecule has 2 aromatic rings. The van der Waals surface area contributed by atoms with E-state index in [1.54, 1.807) is 25.4 Å². The molecule has 0 aliphatic rings. The lowest BCUT2D eigenvalue weighted by atomic mass is 9.96. The number of aromatic nitrogens is 1. The third-order valence-electron chi connectivity index (χ3n) is 3.47. The molecular formula is C15H21N3O3S. The number of aliphatic hydroxyl groups is 1. The predicted octanol–water partition coefficient (Wildman–Crippen LogP) is 2.37. The summed E-state index contributed by atoms with van der Waals surface area (Å²) < 4.78 is 5.42. The molecule has 22 heavy (non-hydrogen) atoms. The Hall–Kier alpha value is -1.86. The number of amides is 2. The molecule has 7 heteroatoms. The zero-order valence-corrected chi connectivity index (χ0v) is 14.0. The highest BCUT2D eigenvalue weighted by Crippen LogP contribution is 2.26. The van der Waals surface area contributed by atoms with Gasteiger partial charge in [0, 0.05) is 10.4 Å². The fraction of sp³-hybridized carbons (Fsp3) is 0.467. The van der Waals surface area contributed by atoms with Crippen LogP contribution in [0.25, 0.3) is 0 Å². The first-order chi connectivity index (χ1) is 10.3. The third kappa shape index (κ3) is 3.86. The van der Waals surface area contributed by atoms with E-state index >= 15 is 0 Å². The molecule has 6 nitrogen and oxygen atoms in total. The Labute approximate surface area is 133 Å². The Bertz CT molecular complexity index is 661. The van der Waals surface area contributed by atoms with Gasteiger partial charge in [0.05, 0.1) is 24.3 Å². The maximum atomic E-state index is 11.8. The highest BCUT2D eigenvalue weighted by atomic mass is 32.1. The minimum Gasteiger partial charge on any atom is -0.466 e. The standard InChI is InChI=1S/C15H21N3O3S/c1-9-5-12(11(3)21-9)15(4,20)7-17-14(19)16-6-13-10(2)18-8-22-13/h5,8,20H,6-7H2,1-4H3,(H2,16,17,19). The van der Waals surface area contributed by atoms with Crippen LogP contribution in [0, 0.1) is 20.8 Å². The number of furan rings is 1. The zero-order valence-electron chi connectivity index (χ0n) is 13.2. The first-order valence-corrected chi connectivity index (χ1v) is 7.88. The molecular weight excluding hydrogens is 302 g/mol. The number of hydrogen-bond acceptors (Lipinski definition) is 5. The summed E-state index contributed by atoms with van der Waals surface area (Å²) in [5, 5.41) is 16.0. The topological polar surface area (TPSA) is 87.4 Å². The van der Waals surface area contributed by atoms with Crippen molar-refractivity contribution in [1.82, 2.24) is 15.6 Å². The maximum Gasteiger partial charge on any atom is 0.315 e. The maximum absolute atomic E-state index is 11.8. The van der Waals surface area contributed by atoms with Gasteiger partial charge in [-0.05, 0) is 33.8 Å². The molecule has 1 atom stereocenters. The van der Waals surface area contributed by atoms with Gasteiger partial charge in [0.2, 0.25) is 0 Å². The lowest BCUT2D eigenvalue weighted by Crippen LogP contribution is -2.43. The molecule has 2 amide bonds. The van der Waals surface area contributed by atoms with Gasteiger partial charge >= 0.3 is 6.03 Å². The summed E-state index contributed by atoms with van der Waals surface area (Å²) in [7, 11) is 0. The largest absolute Gasteiger partial charge is 0.466 e. The zero-order chi connectivity index (χ0) is 16.3. The van der Waals surface area contributed by atoms with Crippen molar-refractivity contribution < 1.29 is 14.3 Å². The van der Waals surface area contributed by atoms with Gasteiger partial charge in [-0.1, -0.05) is 0 Å². The van der Waals surface area contributed by atoms with Crippen LogP contribution >= 0.6 is 11.3 Å². The third-order valence-corrected chi connectivity index (χ3v) is 4.40. The van der Waals surface area contributed by atoms with E-state index in [2.05, 4.69) is 15.6 Å². The predicted molar refractivity (Wildman–Crippen MR) is 84.8 cm³/mol. The van der Waals surface area contributed by atoms with E-state index in [0.29, 0.717) is 17.9 Å². The fourth-order valence-corrected chi connectivity index (χ4v) is 2.95. The summed E-state index contributed by atoms with van der Waals surface area (Å²) in [5.74, 6) is 1.39. The molecule has 0 saturated heterocycles. The summed E-state index contributed by atoms with van der Waals surface area (Å²) in [6, 6.07) is 1.46. The number of carbonyl (C=O) groups is 1. The van der Waals surface area contributed by atoms with Crippen molar-refractivity contribution in [3.05, 3.63) is 39.2 Å². The summed E-state index contributed by atoms with van der Waals surface area (Å²) in [5.41, 5.74) is 2.17. The SMILES string of the molecule is Cc1cc(C(C)(O)CNC(=O)NCc2scnc2C)c(C)o1. The van der Waals surface area contributed by atoms with Gasteiger partial charge in [-0.2, -0.15) is 0 Å². The molecule has 2 aromatic heterocycles. The van der Waals surface area contributed by atoms with Crippen LogP contribution < -0.4 is 10.6 Å². The number of nitrogens with zero attached hydrogens (tertiary/aromatic N) is 1. The second kappa shape index (κ2) is 6.50. The molecule has 3 N–H and O–H groups in total. The molecule has 0 spiro atoms. The van der Waals surface area contributed by atoms with Gasteiger partial charge in [-0.3, -0.25) is 0 Å². The van der Waals surface area contributed by atoms with Crippen molar-refractivity contribution in [1.29, 1.82) is 0 Å². The van der Waals surface area contributed by atoms with Crippen LogP contribution in [0.4, 0.5) is 4.79 Å². The Morgan fingerprint density at radius 3 is 2.68 bits per heavy atom. The number of aryl methyl sites for hydroxylation is 3. The summed E-state index contributed by atoms with van der Waals surface area (Å²) in [6.45, 7) is 7.69. The van der Waals surface area contributed by atoms with Crippen LogP contribution in [0.1, 0.15) is 34.6 Å². The number of hydrogen-bond donors (Lipinski definition) is 3. The highest BCUT2D eigenvalue weighted by Gasteiger charge is 2.28. The van der Waals surface area contributed by atoms with Gasteiger partial charge < -0.3 is 20.2 Å². The monoisotopic (exact) mass is 323 g/mol. The molecule has 2 heterocycles. The average molecular weight is 323 g/mol. The number of rotatable bonds is 5. The molecule has 0 aliphatic carbocycles. The smallest absolute Gasteiger partial charge is 0.315 e. The van der Waals surface area contributed by atoms with Crippen LogP contribution in [-0.2, 0) is 12.1 Å². The van der Waals surface area contributed by atoms with Gasteiger partial charge in [0.15, 0.2) is 0 Å². The molecule has 0 aromatic carbocycles. The molecule has 0 fully saturated rings. The molecule has 120 valence electrons. The molecule has 0 radical (unpaired) electrons. The Kier molecular flexibility index (Phi) is 4.87. The normalized spacial score (nSPS) is 13.7. The van der Waals surface area contributed by atoms with Crippen molar-refractivity contribution in [3.63, 3.8) is 0 Å². The molecule has 1 unspecified atom stereocenters. The minimum absolute atomic E-state index is 0.0975. The van der Waals surface area contributed by atoms with Crippen LogP contribution in [0.5, 0.6) is 0 Å². The average Bonchev–Trinajstić information content (AvgIpc) is 3.00. The summed E-state index contributed by atoms with van der Waals surface area (Å²) >= 11 is 1.50. The van der Waals surface area contributed by atoms with Crippen LogP contribution in [0.15, 0.2) is 16.0 Å². The van der Waals surface area contributed by atoms with Crippen molar-refractivity contribution in [2.24, 2.45) is 0 Å². The molecule has 0 saturated carbocycles. The first kappa shape index (κ1) is 16.5. The van der Waals surface area contributed by atoms with Gasteiger partial charge in [0.1, 0.15) is 17.1 Å². The lowest BCUT2D eigenvalue weighted by molar-refractivity contribution is 0.0579. The van der Waals surface area contributed by atoms with E-state index in [0.717, 1.165) is 16.3 Å². The number of thiazole rings is 1. The van der Waals surface area contributed by atoms with Crippen molar-refractivity contribution in [2.75, 3.05) is 6.54 Å². The number of urea groups is 1.